The minimum absolute atomic E-state index is 0.0257. The number of furan rings is 1. The number of amides is 3. The van der Waals surface area contributed by atoms with E-state index in [9.17, 15) is 14.0 Å². The molecule has 2 heterocycles. The van der Waals surface area contributed by atoms with Crippen LogP contribution in [0.1, 0.15) is 41.0 Å². The van der Waals surface area contributed by atoms with Gasteiger partial charge < -0.3 is 15.1 Å². The molecule has 1 atom stereocenters. The summed E-state index contributed by atoms with van der Waals surface area (Å²) in [6.45, 7) is 5.75. The summed E-state index contributed by atoms with van der Waals surface area (Å²) in [5, 5.41) is 9.44. The van der Waals surface area contributed by atoms with Crippen LogP contribution in [0.3, 0.4) is 0 Å². The van der Waals surface area contributed by atoms with Gasteiger partial charge >= 0.3 is 6.03 Å². The highest BCUT2D eigenvalue weighted by atomic mass is 32.1. The molecule has 2 aromatic heterocycles. The molecule has 0 unspecified atom stereocenters. The Morgan fingerprint density at radius 2 is 2.04 bits per heavy atom. The first-order valence-corrected chi connectivity index (χ1v) is 9.55. The van der Waals surface area contributed by atoms with E-state index < -0.39 is 12.1 Å². The molecule has 0 aliphatic heterocycles. The Morgan fingerprint density at radius 3 is 2.71 bits per heavy atom. The van der Waals surface area contributed by atoms with Gasteiger partial charge in [0, 0.05) is 18.0 Å². The number of nitrogens with zero attached hydrogens (tertiary/aromatic N) is 1. The third kappa shape index (κ3) is 3.99. The topological polar surface area (TPSA) is 96.3 Å². The van der Waals surface area contributed by atoms with E-state index in [-0.39, 0.29) is 22.6 Å². The Balaban J connectivity index is 1.80. The van der Waals surface area contributed by atoms with Crippen LogP contribution in [0.2, 0.25) is 0 Å². The molecule has 3 N–H and O–H groups in total. The Morgan fingerprint density at radius 1 is 1.29 bits per heavy atom. The molecule has 3 amide bonds. The average molecular weight is 404 g/mol. The summed E-state index contributed by atoms with van der Waals surface area (Å²) in [5.74, 6) is -0.0469. The second-order valence-electron chi connectivity index (χ2n) is 6.66. The third-order valence-electron chi connectivity index (χ3n) is 4.33. The number of thiazole rings is 1. The first-order valence-electron chi connectivity index (χ1n) is 8.74. The van der Waals surface area contributed by atoms with E-state index in [2.05, 4.69) is 20.9 Å². The van der Waals surface area contributed by atoms with Gasteiger partial charge in [-0.15, -0.1) is 0 Å². The molecule has 28 heavy (non-hydrogen) atoms. The molecule has 7 nitrogen and oxygen atoms in total. The second-order valence-corrected chi connectivity index (χ2v) is 7.69. The van der Waals surface area contributed by atoms with Gasteiger partial charge in [-0.1, -0.05) is 25.2 Å². The third-order valence-corrected chi connectivity index (χ3v) is 5.25. The van der Waals surface area contributed by atoms with Crippen molar-refractivity contribution in [2.24, 2.45) is 5.92 Å². The number of nitrogens with one attached hydrogen (secondary N) is 3. The van der Waals surface area contributed by atoms with E-state index >= 15 is 0 Å². The molecule has 148 valence electrons. The van der Waals surface area contributed by atoms with Gasteiger partial charge in [-0.05, 0) is 31.0 Å². The number of rotatable bonds is 5. The number of anilines is 1. The van der Waals surface area contributed by atoms with E-state index in [0.29, 0.717) is 21.7 Å². The maximum Gasteiger partial charge on any atom is 0.320 e. The predicted octanol–water partition coefficient (Wildman–Crippen LogP) is 4.22. The van der Waals surface area contributed by atoms with Crippen molar-refractivity contribution in [3.8, 4) is 0 Å². The number of hydrogen-bond donors (Lipinski definition) is 3. The summed E-state index contributed by atoms with van der Waals surface area (Å²) < 4.78 is 19.5. The van der Waals surface area contributed by atoms with Gasteiger partial charge in [-0.2, -0.15) is 0 Å². The van der Waals surface area contributed by atoms with Crippen LogP contribution >= 0.6 is 11.3 Å². The van der Waals surface area contributed by atoms with Crippen LogP contribution < -0.4 is 16.0 Å². The second kappa shape index (κ2) is 7.97. The highest BCUT2D eigenvalue weighted by Gasteiger charge is 2.25. The largest absolute Gasteiger partial charge is 0.459 e. The SMILES string of the molecule is CNC(=O)c1ncc(NC(=O)N[C@H](c2oc3ccc(F)cc3c2C)C(C)C)s1. The monoisotopic (exact) mass is 404 g/mol. The van der Waals surface area contributed by atoms with Crippen LogP contribution in [-0.4, -0.2) is 24.0 Å². The van der Waals surface area contributed by atoms with Gasteiger partial charge in [0.1, 0.15) is 22.2 Å². The quantitative estimate of drug-likeness (QED) is 0.593. The average Bonchev–Trinajstić information content (AvgIpc) is 3.24. The lowest BCUT2D eigenvalue weighted by atomic mass is 9.98. The van der Waals surface area contributed by atoms with Crippen molar-refractivity contribution < 1.29 is 18.4 Å². The summed E-state index contributed by atoms with van der Waals surface area (Å²) in [4.78, 5) is 28.0. The summed E-state index contributed by atoms with van der Waals surface area (Å²) in [5.41, 5.74) is 1.35. The van der Waals surface area contributed by atoms with Crippen molar-refractivity contribution in [2.75, 3.05) is 12.4 Å². The predicted molar refractivity (Wildman–Crippen MR) is 106 cm³/mol. The van der Waals surface area contributed by atoms with Crippen LogP contribution in [-0.2, 0) is 0 Å². The lowest BCUT2D eigenvalue weighted by Gasteiger charge is -2.21. The van der Waals surface area contributed by atoms with Gasteiger partial charge in [0.15, 0.2) is 5.01 Å². The number of carbonyl (C=O) groups excluding carboxylic acids is 2. The van der Waals surface area contributed by atoms with Crippen molar-refractivity contribution in [3.63, 3.8) is 0 Å². The van der Waals surface area contributed by atoms with Gasteiger partial charge in [0.2, 0.25) is 0 Å². The number of aromatic nitrogens is 1. The zero-order valence-corrected chi connectivity index (χ0v) is 16.7. The van der Waals surface area contributed by atoms with E-state index in [1.807, 2.05) is 20.8 Å². The fraction of sp³-hybridized carbons (Fsp3) is 0.316. The molecule has 0 radical (unpaired) electrons. The van der Waals surface area contributed by atoms with Crippen molar-refractivity contribution in [3.05, 3.63) is 46.5 Å². The van der Waals surface area contributed by atoms with Crippen LogP contribution in [0.25, 0.3) is 11.0 Å². The molecule has 0 bridgehead atoms. The van der Waals surface area contributed by atoms with Crippen molar-refractivity contribution in [1.29, 1.82) is 0 Å². The normalized spacial score (nSPS) is 12.2. The molecule has 0 aliphatic rings. The lowest BCUT2D eigenvalue weighted by Crippen LogP contribution is -2.35. The van der Waals surface area contributed by atoms with Crippen LogP contribution in [0.5, 0.6) is 0 Å². The smallest absolute Gasteiger partial charge is 0.320 e. The van der Waals surface area contributed by atoms with Crippen molar-refractivity contribution in [1.82, 2.24) is 15.6 Å². The summed E-state index contributed by atoms with van der Waals surface area (Å²) in [7, 11) is 1.51. The lowest BCUT2D eigenvalue weighted by molar-refractivity contribution is 0.0962. The fourth-order valence-corrected chi connectivity index (χ4v) is 3.63. The number of halogens is 1. The number of aryl methyl sites for hydroxylation is 1. The van der Waals surface area contributed by atoms with Crippen LogP contribution in [0.15, 0.2) is 28.8 Å². The molecule has 0 aliphatic carbocycles. The number of hydrogen-bond acceptors (Lipinski definition) is 5. The number of carbonyl (C=O) groups is 2. The van der Waals surface area contributed by atoms with Crippen LogP contribution in [0.4, 0.5) is 14.2 Å². The molecule has 0 spiro atoms. The fourth-order valence-electron chi connectivity index (χ4n) is 2.88. The van der Waals surface area contributed by atoms with Crippen molar-refractivity contribution in [2.45, 2.75) is 26.8 Å². The van der Waals surface area contributed by atoms with E-state index in [1.54, 1.807) is 6.07 Å². The van der Waals surface area contributed by atoms with Gasteiger partial charge in [0.05, 0.1) is 12.2 Å². The van der Waals surface area contributed by atoms with Gasteiger partial charge in [0.25, 0.3) is 5.91 Å². The molecule has 3 aromatic rings. The zero-order chi connectivity index (χ0) is 20.4. The Bertz CT molecular complexity index is 1030. The summed E-state index contributed by atoms with van der Waals surface area (Å²) >= 11 is 1.07. The van der Waals surface area contributed by atoms with Crippen molar-refractivity contribution >= 4 is 39.2 Å². The minimum Gasteiger partial charge on any atom is -0.459 e. The molecule has 0 saturated heterocycles. The highest BCUT2D eigenvalue weighted by Crippen LogP contribution is 2.33. The van der Waals surface area contributed by atoms with E-state index in [1.165, 1.54) is 25.4 Å². The molecule has 3 rings (SSSR count). The first kappa shape index (κ1) is 19.8. The number of urea groups is 1. The maximum absolute atomic E-state index is 13.6. The molecular weight excluding hydrogens is 383 g/mol. The Labute approximate surface area is 165 Å². The van der Waals surface area contributed by atoms with E-state index in [0.717, 1.165) is 16.9 Å². The minimum atomic E-state index is -0.447. The van der Waals surface area contributed by atoms with Gasteiger partial charge in [-0.3, -0.25) is 10.1 Å². The summed E-state index contributed by atoms with van der Waals surface area (Å²) in [6, 6.07) is 3.48. The number of fused-ring (bicyclic) bond motifs is 1. The van der Waals surface area contributed by atoms with Gasteiger partial charge in [-0.25, -0.2) is 14.2 Å². The summed E-state index contributed by atoms with van der Waals surface area (Å²) in [6.07, 6.45) is 1.43. The highest BCUT2D eigenvalue weighted by molar-refractivity contribution is 7.17. The molecule has 0 saturated carbocycles. The molecule has 9 heteroatoms. The Kier molecular flexibility index (Phi) is 5.64. The molecular formula is C19H21FN4O3S. The van der Waals surface area contributed by atoms with E-state index in [4.69, 9.17) is 4.42 Å². The van der Waals surface area contributed by atoms with Crippen LogP contribution in [0, 0.1) is 18.7 Å². The Hall–Kier alpha value is -2.94. The first-order chi connectivity index (χ1) is 13.3. The molecule has 0 fully saturated rings. The standard InChI is InChI=1S/C19H21FN4O3S/c1-9(2)15(16-10(3)12-7-11(20)5-6-13(12)27-16)24-19(26)23-14-8-22-18(28-14)17(25)21-4/h5-9,15H,1-4H3,(H,21,25)(H2,23,24,26)/t15-/m0/s1. The molecule has 1 aromatic carbocycles. The number of benzene rings is 1. The maximum atomic E-state index is 13.6. The zero-order valence-electron chi connectivity index (χ0n) is 15.9.